The Bertz CT molecular complexity index is 1470. The van der Waals surface area contributed by atoms with Gasteiger partial charge in [-0.25, -0.2) is 18.4 Å². The highest BCUT2D eigenvalue weighted by molar-refractivity contribution is 7.91. The van der Waals surface area contributed by atoms with Crippen molar-refractivity contribution in [1.29, 1.82) is 0 Å². The monoisotopic (exact) mass is 399 g/mol. The lowest BCUT2D eigenvalue weighted by molar-refractivity contribution is 0.590. The van der Waals surface area contributed by atoms with Crippen molar-refractivity contribution in [3.8, 4) is 11.3 Å². The van der Waals surface area contributed by atoms with Gasteiger partial charge in [0, 0.05) is 18.0 Å². The van der Waals surface area contributed by atoms with Crippen LogP contribution in [0.1, 0.15) is 5.56 Å². The van der Waals surface area contributed by atoms with Crippen LogP contribution < -0.4 is 0 Å². The highest BCUT2D eigenvalue weighted by Crippen LogP contribution is 2.29. The second kappa shape index (κ2) is 6.53. The molecule has 0 unspecified atom stereocenters. The Hall–Kier alpha value is -3.51. The van der Waals surface area contributed by atoms with Gasteiger partial charge >= 0.3 is 0 Å². The summed E-state index contributed by atoms with van der Waals surface area (Å²) < 4.78 is 28.0. The molecule has 0 N–H and O–H groups in total. The fraction of sp³-hybridized carbons (Fsp3) is 0.0435. The fourth-order valence-electron chi connectivity index (χ4n) is 3.47. The number of aryl methyl sites for hydroxylation is 1. The predicted molar refractivity (Wildman–Crippen MR) is 113 cm³/mol. The molecule has 0 amide bonds. The molecule has 0 saturated carbocycles. The average Bonchev–Trinajstić information content (AvgIpc) is 3.23. The Labute approximate surface area is 168 Å². The topological polar surface area (TPSA) is 64.3 Å². The van der Waals surface area contributed by atoms with E-state index in [0.717, 1.165) is 21.9 Å². The SMILES string of the molecule is Cc1ccc(S(=O)(=O)c2cnc(-c3ccc4ccccc4c3)c3nccn23)cc1. The molecule has 0 aliphatic heterocycles. The Morgan fingerprint density at radius 2 is 1.62 bits per heavy atom. The summed E-state index contributed by atoms with van der Waals surface area (Å²) in [6.07, 6.45) is 4.66. The molecule has 5 nitrogen and oxygen atoms in total. The molecule has 29 heavy (non-hydrogen) atoms. The lowest BCUT2D eigenvalue weighted by atomic mass is 10.1. The zero-order chi connectivity index (χ0) is 20.0. The molecule has 0 fully saturated rings. The lowest BCUT2D eigenvalue weighted by Gasteiger charge is -2.10. The summed E-state index contributed by atoms with van der Waals surface area (Å²) in [5, 5.41) is 2.32. The van der Waals surface area contributed by atoms with Crippen LogP contribution in [-0.2, 0) is 9.84 Å². The van der Waals surface area contributed by atoms with E-state index < -0.39 is 9.84 Å². The first kappa shape index (κ1) is 17.6. The van der Waals surface area contributed by atoms with Crippen molar-refractivity contribution in [3.63, 3.8) is 0 Å². The van der Waals surface area contributed by atoms with Crippen LogP contribution in [0.3, 0.4) is 0 Å². The number of hydrogen-bond acceptors (Lipinski definition) is 4. The molecule has 0 aliphatic carbocycles. The summed E-state index contributed by atoms with van der Waals surface area (Å²) in [6, 6.07) is 20.9. The molecule has 0 atom stereocenters. The summed E-state index contributed by atoms with van der Waals surface area (Å²) in [4.78, 5) is 9.13. The normalized spacial score (nSPS) is 11.9. The first-order valence-electron chi connectivity index (χ1n) is 9.17. The molecule has 2 heterocycles. The van der Waals surface area contributed by atoms with Crippen LogP contribution in [0.5, 0.6) is 0 Å². The van der Waals surface area contributed by atoms with Crippen LogP contribution in [0.25, 0.3) is 27.7 Å². The summed E-state index contributed by atoms with van der Waals surface area (Å²) in [6.45, 7) is 1.92. The number of fused-ring (bicyclic) bond motifs is 2. The van der Waals surface area contributed by atoms with Crippen LogP contribution in [0.15, 0.2) is 95.2 Å². The maximum atomic E-state index is 13.2. The van der Waals surface area contributed by atoms with Gasteiger partial charge in [0.1, 0.15) is 5.69 Å². The van der Waals surface area contributed by atoms with Crippen molar-refractivity contribution in [1.82, 2.24) is 14.4 Å². The third-order valence-electron chi connectivity index (χ3n) is 5.02. The van der Waals surface area contributed by atoms with E-state index in [1.807, 2.05) is 43.3 Å². The third kappa shape index (κ3) is 2.89. The number of imidazole rings is 1. The highest BCUT2D eigenvalue weighted by atomic mass is 32.2. The predicted octanol–water partition coefficient (Wildman–Crippen LogP) is 4.69. The standard InChI is InChI=1S/C23H17N3O2S/c1-16-6-10-20(11-7-16)29(27,28)21-15-25-22(23-24-12-13-26(21)23)19-9-8-17-4-2-3-5-18(17)14-19/h2-15H,1H3. The molecule has 0 radical (unpaired) electrons. The van der Waals surface area contributed by atoms with E-state index in [1.165, 1.54) is 6.20 Å². The van der Waals surface area contributed by atoms with Gasteiger partial charge in [-0.1, -0.05) is 54.1 Å². The molecule has 6 heteroatoms. The second-order valence-electron chi connectivity index (χ2n) is 6.94. The number of sulfone groups is 1. The first-order chi connectivity index (χ1) is 14.0. The van der Waals surface area contributed by atoms with E-state index in [0.29, 0.717) is 11.3 Å². The van der Waals surface area contributed by atoms with Crippen LogP contribution in [0.2, 0.25) is 0 Å². The van der Waals surface area contributed by atoms with Crippen molar-refractivity contribution in [2.24, 2.45) is 0 Å². The molecule has 0 aliphatic rings. The zero-order valence-corrected chi connectivity index (χ0v) is 16.5. The van der Waals surface area contributed by atoms with E-state index in [2.05, 4.69) is 16.0 Å². The molecular weight excluding hydrogens is 382 g/mol. The van der Waals surface area contributed by atoms with Gasteiger partial charge in [0.25, 0.3) is 0 Å². The minimum Gasteiger partial charge on any atom is -0.287 e. The van der Waals surface area contributed by atoms with Gasteiger partial charge in [0.15, 0.2) is 10.7 Å². The minimum atomic E-state index is -3.73. The molecule has 5 rings (SSSR count). The van der Waals surface area contributed by atoms with Gasteiger partial charge in [-0.3, -0.25) is 4.40 Å². The number of hydrogen-bond donors (Lipinski definition) is 0. The summed E-state index contributed by atoms with van der Waals surface area (Å²) in [7, 11) is -3.73. The second-order valence-corrected chi connectivity index (χ2v) is 8.84. The Kier molecular flexibility index (Phi) is 3.96. The third-order valence-corrected chi connectivity index (χ3v) is 6.77. The van der Waals surface area contributed by atoms with Crippen molar-refractivity contribution in [3.05, 3.63) is 90.9 Å². The van der Waals surface area contributed by atoms with Crippen LogP contribution >= 0.6 is 0 Å². The maximum absolute atomic E-state index is 13.2. The maximum Gasteiger partial charge on any atom is 0.223 e. The molecule has 5 aromatic rings. The summed E-state index contributed by atoms with van der Waals surface area (Å²) >= 11 is 0. The average molecular weight is 399 g/mol. The van der Waals surface area contributed by atoms with Crippen LogP contribution in [0, 0.1) is 6.92 Å². The minimum absolute atomic E-state index is 0.0957. The van der Waals surface area contributed by atoms with Gasteiger partial charge < -0.3 is 0 Å². The number of nitrogens with zero attached hydrogens (tertiary/aromatic N) is 3. The molecule has 0 spiro atoms. The van der Waals surface area contributed by atoms with Gasteiger partial charge in [-0.2, -0.15) is 0 Å². The van der Waals surface area contributed by atoms with E-state index >= 15 is 0 Å². The van der Waals surface area contributed by atoms with Gasteiger partial charge in [-0.15, -0.1) is 0 Å². The van der Waals surface area contributed by atoms with Gasteiger partial charge in [-0.05, 0) is 35.9 Å². The Balaban J connectivity index is 1.69. The van der Waals surface area contributed by atoms with Crippen molar-refractivity contribution >= 4 is 26.3 Å². The van der Waals surface area contributed by atoms with Crippen molar-refractivity contribution in [2.45, 2.75) is 16.8 Å². The van der Waals surface area contributed by atoms with E-state index in [9.17, 15) is 8.42 Å². The highest BCUT2D eigenvalue weighted by Gasteiger charge is 2.23. The molecule has 3 aromatic carbocycles. The van der Waals surface area contributed by atoms with Crippen LogP contribution in [0.4, 0.5) is 0 Å². The van der Waals surface area contributed by atoms with E-state index in [1.54, 1.807) is 41.1 Å². The lowest BCUT2D eigenvalue weighted by Crippen LogP contribution is -2.09. The fourth-order valence-corrected chi connectivity index (χ4v) is 4.81. The van der Waals surface area contributed by atoms with Gasteiger partial charge in [0.05, 0.1) is 11.1 Å². The molecule has 2 aromatic heterocycles. The summed E-state index contributed by atoms with van der Waals surface area (Å²) in [5.41, 5.74) is 3.04. The Morgan fingerprint density at radius 1 is 0.862 bits per heavy atom. The van der Waals surface area contributed by atoms with E-state index in [-0.39, 0.29) is 9.92 Å². The van der Waals surface area contributed by atoms with E-state index in [4.69, 9.17) is 0 Å². The number of benzene rings is 3. The molecule has 142 valence electrons. The quantitative estimate of drug-likeness (QED) is 0.441. The smallest absolute Gasteiger partial charge is 0.223 e. The zero-order valence-electron chi connectivity index (χ0n) is 15.6. The summed E-state index contributed by atoms with van der Waals surface area (Å²) in [5.74, 6) is 0. The van der Waals surface area contributed by atoms with Crippen molar-refractivity contribution < 1.29 is 8.42 Å². The van der Waals surface area contributed by atoms with Crippen molar-refractivity contribution in [2.75, 3.05) is 0 Å². The molecule has 0 bridgehead atoms. The Morgan fingerprint density at radius 3 is 2.41 bits per heavy atom. The largest absolute Gasteiger partial charge is 0.287 e. The molecule has 0 saturated heterocycles. The van der Waals surface area contributed by atoms with Gasteiger partial charge in [0.2, 0.25) is 9.84 Å². The number of rotatable bonds is 3. The number of aromatic nitrogens is 3. The molecular formula is C23H17N3O2S. The van der Waals surface area contributed by atoms with Crippen LogP contribution in [-0.4, -0.2) is 22.8 Å². The first-order valence-corrected chi connectivity index (χ1v) is 10.7.